The predicted molar refractivity (Wildman–Crippen MR) is 236 cm³/mol. The first-order chi connectivity index (χ1) is 29.5. The van der Waals surface area contributed by atoms with E-state index >= 15 is 4.79 Å². The maximum atomic E-state index is 15.1. The van der Waals surface area contributed by atoms with Crippen molar-refractivity contribution in [3.63, 3.8) is 0 Å². The molecule has 0 radical (unpaired) electrons. The first kappa shape index (κ1) is 45.3. The molecule has 334 valence electrons. The predicted octanol–water partition coefficient (Wildman–Crippen LogP) is 8.95. The minimum atomic E-state index is -1.37. The van der Waals surface area contributed by atoms with Gasteiger partial charge >= 0.3 is 0 Å². The Labute approximate surface area is 363 Å². The highest BCUT2D eigenvalue weighted by atomic mass is 19.1. The van der Waals surface area contributed by atoms with Crippen LogP contribution in [-0.4, -0.2) is 95.1 Å². The van der Waals surface area contributed by atoms with Crippen molar-refractivity contribution in [3.8, 4) is 11.5 Å². The Morgan fingerprint density at radius 2 is 1.77 bits per heavy atom. The van der Waals surface area contributed by atoms with E-state index in [-0.39, 0.29) is 55.8 Å². The Hall–Kier alpha value is -3.77. The Bertz CT molecular complexity index is 1830. The van der Waals surface area contributed by atoms with Crippen LogP contribution in [-0.2, 0) is 20.9 Å². The van der Waals surface area contributed by atoms with Crippen molar-refractivity contribution in [3.05, 3.63) is 83.7 Å². The zero-order valence-corrected chi connectivity index (χ0v) is 36.9. The molecule has 0 spiro atoms. The van der Waals surface area contributed by atoms with Gasteiger partial charge in [0.2, 0.25) is 11.7 Å². The summed E-state index contributed by atoms with van der Waals surface area (Å²) >= 11 is 0. The van der Waals surface area contributed by atoms with Crippen molar-refractivity contribution < 1.29 is 38.4 Å². The van der Waals surface area contributed by atoms with E-state index in [1.165, 1.54) is 25.0 Å². The molecule has 2 aromatic carbocycles. The molecule has 3 aliphatic carbocycles. The van der Waals surface area contributed by atoms with E-state index in [1.54, 1.807) is 18.2 Å². The lowest BCUT2D eigenvalue weighted by Gasteiger charge is -2.60. The van der Waals surface area contributed by atoms with Crippen molar-refractivity contribution in [2.24, 2.45) is 28.8 Å². The summed E-state index contributed by atoms with van der Waals surface area (Å²) in [5.41, 5.74) is 3.03. The van der Waals surface area contributed by atoms with E-state index in [2.05, 4.69) is 23.6 Å². The van der Waals surface area contributed by atoms with E-state index in [9.17, 15) is 14.6 Å². The van der Waals surface area contributed by atoms with Crippen molar-refractivity contribution in [2.45, 2.75) is 134 Å². The summed E-state index contributed by atoms with van der Waals surface area (Å²) in [6.07, 6.45) is 15.1. The van der Waals surface area contributed by atoms with Gasteiger partial charge in [0, 0.05) is 63.7 Å². The highest BCUT2D eigenvalue weighted by Gasteiger charge is 2.65. The second-order valence-electron chi connectivity index (χ2n) is 19.0. The maximum absolute atomic E-state index is 15.1. The number of unbranched alkanes of at least 4 members (excludes halogenated alkanes) is 2. The summed E-state index contributed by atoms with van der Waals surface area (Å²) < 4.78 is 35.4. The molecule has 0 aromatic heterocycles. The van der Waals surface area contributed by atoms with Gasteiger partial charge in [-0.3, -0.25) is 9.69 Å². The summed E-state index contributed by atoms with van der Waals surface area (Å²) in [6.45, 7) is 14.3. The molecule has 2 aliphatic heterocycles. The molecule has 5 aliphatic rings. The fourth-order valence-corrected chi connectivity index (χ4v) is 10.4. The second-order valence-corrected chi connectivity index (χ2v) is 19.0. The van der Waals surface area contributed by atoms with Crippen LogP contribution < -0.4 is 9.47 Å². The lowest BCUT2D eigenvalue weighted by molar-refractivity contribution is -0.258. The molecule has 7 rings (SSSR count). The fourth-order valence-electron chi connectivity index (χ4n) is 10.4. The number of oxime groups is 1. The summed E-state index contributed by atoms with van der Waals surface area (Å²) in [7, 11) is 0. The van der Waals surface area contributed by atoms with Gasteiger partial charge in [0.15, 0.2) is 0 Å². The molecule has 0 bridgehead atoms. The van der Waals surface area contributed by atoms with Gasteiger partial charge in [-0.1, -0.05) is 68.0 Å². The van der Waals surface area contributed by atoms with Gasteiger partial charge in [-0.15, -0.1) is 6.58 Å². The first-order valence-electron chi connectivity index (χ1n) is 23.2. The normalized spacial score (nSPS) is 26.6. The molecule has 10 nitrogen and oxygen atoms in total. The van der Waals surface area contributed by atoms with Crippen molar-refractivity contribution in [1.29, 1.82) is 0 Å². The standard InChI is InChI=1S/C50H70FN3O7/c1-5-29-59-50-45(54(34-36-16-19-38(51)20-17-36)46(57)23-18-35-12-6-7-13-35)33-43(52-61-49(2,3)4)41-31-37(14-8-10-27-55)40(15-9-11-28-56)47(48(41)50)42-32-39(21-22-44(42)60-50)58-30-26-53-24-25-53/h5,16-17,19-22,31-32,35,37,40,45,47-48,55-56H,1,6-15,18,23-30,33-34H2,2-4H3/t37-,40+,45-,47+,48+,50+/m0/s1. The van der Waals surface area contributed by atoms with Gasteiger partial charge in [0.05, 0.1) is 18.2 Å². The lowest BCUT2D eigenvalue weighted by Crippen LogP contribution is -2.70. The average Bonchev–Trinajstić information content (AvgIpc) is 3.92. The van der Waals surface area contributed by atoms with Crippen LogP contribution in [0.3, 0.4) is 0 Å². The van der Waals surface area contributed by atoms with Crippen molar-refractivity contribution in [2.75, 3.05) is 46.1 Å². The van der Waals surface area contributed by atoms with Gasteiger partial charge in [-0.2, -0.15) is 0 Å². The third-order valence-corrected chi connectivity index (χ3v) is 13.5. The molecule has 2 heterocycles. The third kappa shape index (κ3) is 11.1. The Morgan fingerprint density at radius 3 is 2.46 bits per heavy atom. The van der Waals surface area contributed by atoms with Gasteiger partial charge in [0.1, 0.15) is 35.6 Å². The molecule has 0 unspecified atom stereocenters. The van der Waals surface area contributed by atoms with Gasteiger partial charge in [-0.05, 0) is 112 Å². The molecule has 61 heavy (non-hydrogen) atoms. The topological polar surface area (TPSA) is 113 Å². The number of aliphatic hydroxyl groups is 2. The third-order valence-electron chi connectivity index (χ3n) is 13.5. The van der Waals surface area contributed by atoms with Crippen LogP contribution in [0.5, 0.6) is 11.5 Å². The largest absolute Gasteiger partial charge is 0.492 e. The van der Waals surface area contributed by atoms with E-state index < -0.39 is 23.3 Å². The van der Waals surface area contributed by atoms with E-state index in [4.69, 9.17) is 24.2 Å². The second kappa shape index (κ2) is 20.6. The zero-order valence-electron chi connectivity index (χ0n) is 36.9. The summed E-state index contributed by atoms with van der Waals surface area (Å²) in [4.78, 5) is 25.7. The average molecular weight is 844 g/mol. The fraction of sp³-hybridized carbons (Fsp3) is 0.640. The van der Waals surface area contributed by atoms with E-state index in [1.807, 2.05) is 37.8 Å². The van der Waals surface area contributed by atoms with Crippen LogP contribution in [0.2, 0.25) is 0 Å². The number of hydrogen-bond acceptors (Lipinski definition) is 9. The van der Waals surface area contributed by atoms with E-state index in [0.29, 0.717) is 44.0 Å². The number of allylic oxidation sites excluding steroid dienone is 1. The number of carbonyl (C=O) groups is 1. The van der Waals surface area contributed by atoms with E-state index in [0.717, 1.165) is 92.7 Å². The van der Waals surface area contributed by atoms with Crippen LogP contribution in [0.1, 0.15) is 121 Å². The molecule has 2 N–H and O–H groups in total. The number of carbonyl (C=O) groups excluding carboxylic acids is 1. The Kier molecular flexibility index (Phi) is 15.3. The van der Waals surface area contributed by atoms with Gasteiger partial charge in [0.25, 0.3) is 0 Å². The summed E-state index contributed by atoms with van der Waals surface area (Å²) in [5, 5.41) is 24.9. The number of nitrogens with zero attached hydrogens (tertiary/aromatic N) is 3. The van der Waals surface area contributed by atoms with Crippen LogP contribution in [0.4, 0.5) is 4.39 Å². The first-order valence-corrected chi connectivity index (χ1v) is 23.2. The minimum Gasteiger partial charge on any atom is -0.492 e. The highest BCUT2D eigenvalue weighted by Crippen LogP contribution is 2.62. The molecule has 2 saturated carbocycles. The Balaban J connectivity index is 1.42. The molecule has 6 atom stereocenters. The van der Waals surface area contributed by atoms with Crippen LogP contribution in [0.25, 0.3) is 0 Å². The number of hydrogen-bond donors (Lipinski definition) is 2. The van der Waals surface area contributed by atoms with Crippen LogP contribution >= 0.6 is 0 Å². The minimum absolute atomic E-state index is 0.00426. The Morgan fingerprint density at radius 1 is 1.03 bits per heavy atom. The van der Waals surface area contributed by atoms with Crippen molar-refractivity contribution in [1.82, 2.24) is 9.80 Å². The SMILES string of the molecule is C=CCO[C@@]12Oc3ccc(OCCN4CC4)cc3[C@H]3[C@H](CCCCO)[C@@H](CCCCO)C=C(C(=NOC(C)(C)C)C[C@@H]1N(Cc1ccc(F)cc1)C(=O)CCC1CCCC1)[C@H]32. The number of rotatable bonds is 22. The monoisotopic (exact) mass is 844 g/mol. The number of amides is 1. The number of benzene rings is 2. The lowest BCUT2D eigenvalue weighted by atomic mass is 9.55. The molecular formula is C50H70FN3O7. The van der Waals surface area contributed by atoms with Crippen molar-refractivity contribution >= 4 is 11.6 Å². The smallest absolute Gasteiger partial charge is 0.239 e. The quantitative estimate of drug-likeness (QED) is 0.0523. The number of halogens is 1. The molecule has 3 fully saturated rings. The van der Waals surface area contributed by atoms with Crippen LogP contribution in [0.15, 0.2) is 71.9 Å². The number of ether oxygens (including phenoxy) is 3. The molecule has 1 saturated heterocycles. The molecule has 2 aromatic rings. The molecular weight excluding hydrogens is 774 g/mol. The van der Waals surface area contributed by atoms with Gasteiger partial charge in [-0.25, -0.2) is 4.39 Å². The van der Waals surface area contributed by atoms with Crippen LogP contribution in [0, 0.1) is 29.5 Å². The number of aliphatic hydroxyl groups excluding tert-OH is 2. The summed E-state index contributed by atoms with van der Waals surface area (Å²) in [6, 6.07) is 11.9. The maximum Gasteiger partial charge on any atom is 0.239 e. The summed E-state index contributed by atoms with van der Waals surface area (Å²) in [5.74, 6) is -0.0384. The molecule has 11 heteroatoms. The number of fused-ring (bicyclic) bond motifs is 2. The molecule has 1 amide bonds. The zero-order chi connectivity index (χ0) is 43.0. The van der Waals surface area contributed by atoms with Gasteiger partial charge < -0.3 is 34.2 Å². The highest BCUT2D eigenvalue weighted by molar-refractivity contribution is 6.03.